The van der Waals surface area contributed by atoms with Crippen molar-refractivity contribution in [3.05, 3.63) is 88.4 Å². The summed E-state index contributed by atoms with van der Waals surface area (Å²) in [5.41, 5.74) is 7.40. The Hall–Kier alpha value is -4.23. The van der Waals surface area contributed by atoms with Crippen molar-refractivity contribution in [2.45, 2.75) is 5.92 Å². The van der Waals surface area contributed by atoms with Gasteiger partial charge >= 0.3 is 11.9 Å². The summed E-state index contributed by atoms with van der Waals surface area (Å²) in [7, 11) is 2.37. The number of ether oxygens (including phenoxy) is 2. The van der Waals surface area contributed by atoms with Gasteiger partial charge < -0.3 is 20.1 Å². The van der Waals surface area contributed by atoms with Crippen LogP contribution in [0.15, 0.2) is 77.3 Å². The molecule has 190 valence electrons. The number of benzene rings is 2. The summed E-state index contributed by atoms with van der Waals surface area (Å²) in [6.45, 7) is 1.16. The zero-order chi connectivity index (χ0) is 26.5. The molecular weight excluding hydrogens is 492 g/mol. The highest BCUT2D eigenvalue weighted by atomic mass is 32.2. The number of thioether (sulfide) groups is 1. The van der Waals surface area contributed by atoms with Crippen molar-refractivity contribution in [2.24, 2.45) is 5.73 Å². The lowest BCUT2D eigenvalue weighted by molar-refractivity contribution is -0.139. The molecule has 0 bridgehead atoms. The maximum absolute atomic E-state index is 13.6. The molecule has 0 aromatic heterocycles. The van der Waals surface area contributed by atoms with E-state index in [4.69, 9.17) is 15.2 Å². The highest BCUT2D eigenvalue weighted by Crippen LogP contribution is 2.44. The van der Waals surface area contributed by atoms with E-state index in [0.29, 0.717) is 18.7 Å². The standard InChI is InChI=1S/C27H26N4O5S/c1-35-26(33)22-21(17-8-4-3-5-9-17)19(16-28)24(29)31(23(22)27(34)36-2)20-11-7-6-10-18(20)25(32)30-12-14-37-15-13-30/h3-11,21H,12-15,29H2,1-2H3. The maximum Gasteiger partial charge on any atom is 0.355 e. The SMILES string of the molecule is COC(=O)C1=C(C(=O)OC)N(c2ccccc2C(=O)N2CCSCC2)C(N)=C(C#N)C1c1ccccc1. The van der Waals surface area contributed by atoms with Gasteiger partial charge in [-0.05, 0) is 17.7 Å². The van der Waals surface area contributed by atoms with E-state index in [1.807, 2.05) is 0 Å². The number of hydrogen-bond acceptors (Lipinski definition) is 9. The molecule has 4 rings (SSSR count). The Bertz CT molecular complexity index is 1330. The normalized spacial score (nSPS) is 17.8. The molecule has 1 unspecified atom stereocenters. The summed E-state index contributed by atoms with van der Waals surface area (Å²) in [5, 5.41) is 10.2. The van der Waals surface area contributed by atoms with Crippen molar-refractivity contribution >= 4 is 35.3 Å². The zero-order valence-electron chi connectivity index (χ0n) is 20.5. The van der Waals surface area contributed by atoms with Crippen molar-refractivity contribution in [1.82, 2.24) is 4.90 Å². The molecule has 2 aliphatic rings. The average Bonchev–Trinajstić information content (AvgIpc) is 2.96. The first kappa shape index (κ1) is 25.9. The molecule has 9 nitrogen and oxygen atoms in total. The Morgan fingerprint density at radius 2 is 1.59 bits per heavy atom. The first-order valence-electron chi connectivity index (χ1n) is 11.6. The summed E-state index contributed by atoms with van der Waals surface area (Å²) in [4.78, 5) is 43.1. The van der Waals surface area contributed by atoms with Crippen LogP contribution >= 0.6 is 11.8 Å². The number of hydrogen-bond donors (Lipinski definition) is 1. The van der Waals surface area contributed by atoms with Crippen molar-refractivity contribution in [1.29, 1.82) is 5.26 Å². The van der Waals surface area contributed by atoms with Gasteiger partial charge in [-0.3, -0.25) is 9.69 Å². The second kappa shape index (κ2) is 11.2. The molecule has 2 aliphatic heterocycles. The largest absolute Gasteiger partial charge is 0.466 e. The van der Waals surface area contributed by atoms with E-state index in [1.54, 1.807) is 71.3 Å². The van der Waals surface area contributed by atoms with Crippen LogP contribution in [0.3, 0.4) is 0 Å². The maximum atomic E-state index is 13.6. The van der Waals surface area contributed by atoms with Gasteiger partial charge in [-0.25, -0.2) is 9.59 Å². The Labute approximate surface area is 219 Å². The molecule has 2 aromatic carbocycles. The molecule has 1 amide bonds. The first-order valence-corrected chi connectivity index (χ1v) is 12.7. The number of nitrogens with two attached hydrogens (primary N) is 1. The van der Waals surface area contributed by atoms with Gasteiger partial charge in [-0.15, -0.1) is 0 Å². The minimum absolute atomic E-state index is 0.0378. The van der Waals surface area contributed by atoms with Crippen LogP contribution in [0.5, 0.6) is 0 Å². The minimum Gasteiger partial charge on any atom is -0.466 e. The third-order valence-corrected chi connectivity index (χ3v) is 7.23. The minimum atomic E-state index is -0.981. The molecule has 1 saturated heterocycles. The lowest BCUT2D eigenvalue weighted by Crippen LogP contribution is -2.42. The van der Waals surface area contributed by atoms with Gasteiger partial charge in [0.25, 0.3) is 5.91 Å². The van der Waals surface area contributed by atoms with Gasteiger partial charge in [0, 0.05) is 24.6 Å². The summed E-state index contributed by atoms with van der Waals surface area (Å²) >= 11 is 1.77. The molecule has 0 radical (unpaired) electrons. The predicted octanol–water partition coefficient (Wildman–Crippen LogP) is 2.77. The molecule has 2 N–H and O–H groups in total. The van der Waals surface area contributed by atoms with Gasteiger partial charge in [0.15, 0.2) is 0 Å². The Morgan fingerprint density at radius 3 is 2.22 bits per heavy atom. The number of rotatable bonds is 5. The number of methoxy groups -OCH3 is 2. The summed E-state index contributed by atoms with van der Waals surface area (Å²) < 4.78 is 10.1. The van der Waals surface area contributed by atoms with Crippen molar-refractivity contribution < 1.29 is 23.9 Å². The summed E-state index contributed by atoms with van der Waals surface area (Å²) in [6.07, 6.45) is 0. The second-order valence-corrected chi connectivity index (χ2v) is 9.48. The van der Waals surface area contributed by atoms with Crippen LogP contribution in [-0.2, 0) is 19.1 Å². The smallest absolute Gasteiger partial charge is 0.355 e. The molecule has 0 saturated carbocycles. The van der Waals surface area contributed by atoms with E-state index < -0.39 is 17.9 Å². The third kappa shape index (κ3) is 4.78. The Morgan fingerprint density at radius 1 is 0.973 bits per heavy atom. The fourth-order valence-electron chi connectivity index (χ4n) is 4.55. The van der Waals surface area contributed by atoms with Crippen molar-refractivity contribution in [2.75, 3.05) is 43.7 Å². The number of amides is 1. The van der Waals surface area contributed by atoms with E-state index in [-0.39, 0.29) is 39.8 Å². The van der Waals surface area contributed by atoms with Crippen LogP contribution in [0, 0.1) is 11.3 Å². The third-order valence-electron chi connectivity index (χ3n) is 6.28. The van der Waals surface area contributed by atoms with Crippen molar-refractivity contribution in [3.63, 3.8) is 0 Å². The molecule has 0 spiro atoms. The number of nitriles is 1. The van der Waals surface area contributed by atoms with Crippen molar-refractivity contribution in [3.8, 4) is 6.07 Å². The van der Waals surface area contributed by atoms with E-state index in [2.05, 4.69) is 6.07 Å². The van der Waals surface area contributed by atoms with Crippen LogP contribution in [0.1, 0.15) is 21.8 Å². The summed E-state index contributed by atoms with van der Waals surface area (Å²) in [6, 6.07) is 17.5. The number of anilines is 1. The highest BCUT2D eigenvalue weighted by molar-refractivity contribution is 7.99. The molecule has 10 heteroatoms. The highest BCUT2D eigenvalue weighted by Gasteiger charge is 2.43. The number of carbonyl (C=O) groups is 3. The number of para-hydroxylation sites is 1. The van der Waals surface area contributed by atoms with E-state index >= 15 is 0 Å². The van der Waals surface area contributed by atoms with Gasteiger partial charge in [0.05, 0.1) is 48.6 Å². The van der Waals surface area contributed by atoms with E-state index in [0.717, 1.165) is 11.5 Å². The predicted molar refractivity (Wildman–Crippen MR) is 139 cm³/mol. The second-order valence-electron chi connectivity index (χ2n) is 8.26. The molecule has 0 aliphatic carbocycles. The number of esters is 2. The fraction of sp³-hybridized carbons (Fsp3) is 0.259. The molecule has 37 heavy (non-hydrogen) atoms. The van der Waals surface area contributed by atoms with Gasteiger partial charge in [0.2, 0.25) is 0 Å². The lowest BCUT2D eigenvalue weighted by Gasteiger charge is -2.37. The van der Waals surface area contributed by atoms with E-state index in [1.165, 1.54) is 19.1 Å². The van der Waals surface area contributed by atoms with Crippen LogP contribution < -0.4 is 10.6 Å². The number of carbonyl (C=O) groups excluding carboxylic acids is 3. The van der Waals surface area contributed by atoms with Gasteiger partial charge in [0.1, 0.15) is 11.5 Å². The van der Waals surface area contributed by atoms with Crippen LogP contribution in [0.2, 0.25) is 0 Å². The molecular formula is C27H26N4O5S. The zero-order valence-corrected chi connectivity index (χ0v) is 21.3. The van der Waals surface area contributed by atoms with Crippen LogP contribution in [0.4, 0.5) is 5.69 Å². The quantitative estimate of drug-likeness (QED) is 0.595. The van der Waals surface area contributed by atoms with Crippen LogP contribution in [0.25, 0.3) is 0 Å². The summed E-state index contributed by atoms with van der Waals surface area (Å²) in [5.74, 6) is -1.36. The molecule has 2 heterocycles. The monoisotopic (exact) mass is 518 g/mol. The van der Waals surface area contributed by atoms with Gasteiger partial charge in [-0.2, -0.15) is 17.0 Å². The molecule has 1 atom stereocenters. The lowest BCUT2D eigenvalue weighted by atomic mass is 9.80. The fourth-order valence-corrected chi connectivity index (χ4v) is 5.45. The molecule has 1 fully saturated rings. The van der Waals surface area contributed by atoms with Crippen LogP contribution in [-0.4, -0.2) is 61.6 Å². The van der Waals surface area contributed by atoms with Gasteiger partial charge in [-0.1, -0.05) is 42.5 Å². The first-order chi connectivity index (χ1) is 17.9. The Kier molecular flexibility index (Phi) is 7.84. The Balaban J connectivity index is 2.00. The average molecular weight is 519 g/mol. The topological polar surface area (TPSA) is 126 Å². The molecule has 2 aromatic rings. The number of allylic oxidation sites excluding steroid dienone is 1. The van der Waals surface area contributed by atoms with E-state index in [9.17, 15) is 19.6 Å². The number of nitrogens with zero attached hydrogens (tertiary/aromatic N) is 3.